The lowest BCUT2D eigenvalue weighted by molar-refractivity contribution is 0.0467. The van der Waals surface area contributed by atoms with E-state index >= 15 is 0 Å². The van der Waals surface area contributed by atoms with Crippen LogP contribution in [0.15, 0.2) is 12.1 Å². The second kappa shape index (κ2) is 5.88. The minimum atomic E-state index is -3.30. The van der Waals surface area contributed by atoms with Gasteiger partial charge in [-0.25, -0.2) is 21.5 Å². The lowest BCUT2D eigenvalue weighted by Crippen LogP contribution is -2.39. The standard InChI is InChI=1S/C14H18F2N2O4S/c1-17(2)23(19,20)6-5-18-7-11-12(8-18)22-14-10(16)4-3-9(15)13(14)21-11/h3-4,11-12H,5-8H2,1-2H3/t11-,12+. The molecule has 0 aliphatic carbocycles. The van der Waals surface area contributed by atoms with Crippen molar-refractivity contribution in [1.82, 2.24) is 9.21 Å². The third-order valence-corrected chi connectivity index (χ3v) is 5.88. The van der Waals surface area contributed by atoms with Crippen LogP contribution in [0.2, 0.25) is 0 Å². The van der Waals surface area contributed by atoms with Crippen LogP contribution in [0.3, 0.4) is 0 Å². The van der Waals surface area contributed by atoms with E-state index < -0.39 is 33.9 Å². The molecule has 3 rings (SSSR count). The quantitative estimate of drug-likeness (QED) is 0.801. The van der Waals surface area contributed by atoms with Gasteiger partial charge >= 0.3 is 0 Å². The topological polar surface area (TPSA) is 59.1 Å². The van der Waals surface area contributed by atoms with Gasteiger partial charge in [-0.15, -0.1) is 0 Å². The Bertz CT molecular complexity index is 672. The van der Waals surface area contributed by atoms with Gasteiger partial charge in [0.25, 0.3) is 0 Å². The zero-order valence-corrected chi connectivity index (χ0v) is 13.6. The summed E-state index contributed by atoms with van der Waals surface area (Å²) in [6.07, 6.45) is -0.887. The Balaban J connectivity index is 1.68. The molecule has 2 heterocycles. The molecule has 9 heteroatoms. The van der Waals surface area contributed by atoms with Crippen LogP contribution in [0.1, 0.15) is 0 Å². The third-order valence-electron chi connectivity index (χ3n) is 4.07. The summed E-state index contributed by atoms with van der Waals surface area (Å²) in [4.78, 5) is 1.86. The lowest BCUT2D eigenvalue weighted by Gasteiger charge is -2.28. The fraction of sp³-hybridized carbons (Fsp3) is 0.571. The van der Waals surface area contributed by atoms with Crippen molar-refractivity contribution in [3.05, 3.63) is 23.8 Å². The summed E-state index contributed by atoms with van der Waals surface area (Å²) >= 11 is 0. The Morgan fingerprint density at radius 1 is 1.13 bits per heavy atom. The number of ether oxygens (including phenoxy) is 2. The molecule has 0 unspecified atom stereocenters. The van der Waals surface area contributed by atoms with Crippen molar-refractivity contribution in [2.45, 2.75) is 12.2 Å². The van der Waals surface area contributed by atoms with Crippen molar-refractivity contribution >= 4 is 10.0 Å². The Hall–Kier alpha value is -1.45. The van der Waals surface area contributed by atoms with Gasteiger partial charge in [0.2, 0.25) is 21.5 Å². The monoisotopic (exact) mass is 348 g/mol. The van der Waals surface area contributed by atoms with Crippen molar-refractivity contribution in [1.29, 1.82) is 0 Å². The minimum absolute atomic E-state index is 0.0326. The number of rotatable bonds is 4. The molecule has 128 valence electrons. The minimum Gasteiger partial charge on any atom is -0.478 e. The highest BCUT2D eigenvalue weighted by Crippen LogP contribution is 2.40. The molecule has 1 aromatic rings. The molecule has 0 aromatic heterocycles. The molecule has 0 radical (unpaired) electrons. The van der Waals surface area contributed by atoms with Crippen LogP contribution in [-0.4, -0.2) is 69.3 Å². The molecule has 1 fully saturated rings. The molecule has 1 aromatic carbocycles. The molecule has 1 saturated heterocycles. The number of hydrogen-bond acceptors (Lipinski definition) is 5. The van der Waals surface area contributed by atoms with Crippen LogP contribution < -0.4 is 9.47 Å². The van der Waals surface area contributed by atoms with E-state index in [1.54, 1.807) is 0 Å². The van der Waals surface area contributed by atoms with E-state index in [-0.39, 0.29) is 17.3 Å². The largest absolute Gasteiger partial charge is 0.478 e. The molecular formula is C14H18F2N2O4S. The van der Waals surface area contributed by atoms with Gasteiger partial charge in [0, 0.05) is 33.7 Å². The van der Waals surface area contributed by atoms with Crippen molar-refractivity contribution in [3.63, 3.8) is 0 Å². The maximum Gasteiger partial charge on any atom is 0.214 e. The molecule has 0 saturated carbocycles. The predicted molar refractivity (Wildman–Crippen MR) is 79.1 cm³/mol. The van der Waals surface area contributed by atoms with Crippen LogP contribution in [0, 0.1) is 11.6 Å². The number of halogens is 2. The molecular weight excluding hydrogens is 330 g/mol. The normalized spacial score (nSPS) is 24.0. The first-order chi connectivity index (χ1) is 10.8. The predicted octanol–water partition coefficient (Wildman–Crippen LogP) is 0.680. The number of hydrogen-bond donors (Lipinski definition) is 0. The Labute approximate surface area is 133 Å². The summed E-state index contributed by atoms with van der Waals surface area (Å²) < 4.78 is 63.3. The van der Waals surface area contributed by atoms with Gasteiger partial charge in [-0.3, -0.25) is 4.90 Å². The smallest absolute Gasteiger partial charge is 0.214 e. The van der Waals surface area contributed by atoms with E-state index in [9.17, 15) is 17.2 Å². The summed E-state index contributed by atoms with van der Waals surface area (Å²) in [5, 5.41) is 0. The molecule has 0 spiro atoms. The van der Waals surface area contributed by atoms with Crippen LogP contribution in [0.25, 0.3) is 0 Å². The van der Waals surface area contributed by atoms with Crippen molar-refractivity contribution in [2.75, 3.05) is 39.5 Å². The summed E-state index contributed by atoms with van der Waals surface area (Å²) in [7, 11) is -0.336. The molecule has 23 heavy (non-hydrogen) atoms. The zero-order chi connectivity index (χ0) is 16.8. The maximum atomic E-state index is 13.7. The van der Waals surface area contributed by atoms with Gasteiger partial charge in [0.1, 0.15) is 12.2 Å². The Kier molecular flexibility index (Phi) is 4.19. The molecule has 0 amide bonds. The fourth-order valence-electron chi connectivity index (χ4n) is 2.69. The van der Waals surface area contributed by atoms with Gasteiger partial charge in [0.05, 0.1) is 5.75 Å². The van der Waals surface area contributed by atoms with Gasteiger partial charge in [-0.1, -0.05) is 0 Å². The van der Waals surface area contributed by atoms with Crippen LogP contribution >= 0.6 is 0 Å². The molecule has 2 aliphatic heterocycles. The van der Waals surface area contributed by atoms with Crippen LogP contribution in [0.5, 0.6) is 11.5 Å². The molecule has 0 bridgehead atoms. The second-order valence-corrected chi connectivity index (χ2v) is 8.16. The van der Waals surface area contributed by atoms with Crippen molar-refractivity contribution in [3.8, 4) is 11.5 Å². The highest BCUT2D eigenvalue weighted by Gasteiger charge is 2.42. The third kappa shape index (κ3) is 3.13. The lowest BCUT2D eigenvalue weighted by atomic mass is 10.2. The fourth-order valence-corrected chi connectivity index (χ4v) is 3.55. The summed E-state index contributed by atoms with van der Waals surface area (Å²) in [6, 6.07) is 1.99. The molecule has 0 N–H and O–H groups in total. The SMILES string of the molecule is CN(C)S(=O)(=O)CCN1C[C@@H]2Oc3c(F)ccc(F)c3O[C@@H]2C1. The number of likely N-dealkylation sites (tertiary alicyclic amines) is 1. The first-order valence-electron chi connectivity index (χ1n) is 7.22. The van der Waals surface area contributed by atoms with Gasteiger partial charge in [0.15, 0.2) is 11.6 Å². The van der Waals surface area contributed by atoms with E-state index in [2.05, 4.69) is 0 Å². The number of fused-ring (bicyclic) bond motifs is 2. The van der Waals surface area contributed by atoms with E-state index in [0.717, 1.165) is 12.1 Å². The first kappa shape index (κ1) is 16.4. The van der Waals surface area contributed by atoms with E-state index in [1.807, 2.05) is 4.90 Å². The van der Waals surface area contributed by atoms with E-state index in [0.29, 0.717) is 19.6 Å². The van der Waals surface area contributed by atoms with E-state index in [4.69, 9.17) is 9.47 Å². The molecule has 2 aliphatic rings. The summed E-state index contributed by atoms with van der Waals surface area (Å²) in [5.74, 6) is -1.81. The second-order valence-electron chi connectivity index (χ2n) is 5.86. The van der Waals surface area contributed by atoms with Crippen molar-refractivity contribution < 1.29 is 26.7 Å². The maximum absolute atomic E-state index is 13.7. The molecule has 6 nitrogen and oxygen atoms in total. The van der Waals surface area contributed by atoms with Crippen LogP contribution in [0.4, 0.5) is 8.78 Å². The number of nitrogens with zero attached hydrogens (tertiary/aromatic N) is 2. The van der Waals surface area contributed by atoms with E-state index in [1.165, 1.54) is 18.4 Å². The van der Waals surface area contributed by atoms with Gasteiger partial charge < -0.3 is 9.47 Å². The highest BCUT2D eigenvalue weighted by atomic mass is 32.2. The summed E-state index contributed by atoms with van der Waals surface area (Å²) in [5.41, 5.74) is 0. The Morgan fingerprint density at radius 3 is 2.04 bits per heavy atom. The van der Waals surface area contributed by atoms with Crippen LogP contribution in [-0.2, 0) is 10.0 Å². The first-order valence-corrected chi connectivity index (χ1v) is 8.82. The average Bonchev–Trinajstić information content (AvgIpc) is 2.89. The highest BCUT2D eigenvalue weighted by molar-refractivity contribution is 7.89. The number of benzene rings is 1. The van der Waals surface area contributed by atoms with Gasteiger partial charge in [-0.05, 0) is 12.1 Å². The average molecular weight is 348 g/mol. The zero-order valence-electron chi connectivity index (χ0n) is 12.8. The Morgan fingerprint density at radius 2 is 1.61 bits per heavy atom. The summed E-state index contributed by atoms with van der Waals surface area (Å²) in [6.45, 7) is 1.12. The molecule has 2 atom stereocenters. The van der Waals surface area contributed by atoms with Crippen molar-refractivity contribution in [2.24, 2.45) is 0 Å². The number of sulfonamides is 1. The van der Waals surface area contributed by atoms with Gasteiger partial charge in [-0.2, -0.15) is 0 Å².